The van der Waals surface area contributed by atoms with Gasteiger partial charge in [0, 0.05) is 54.7 Å². The number of fused-ring (bicyclic) bond motifs is 6. The highest BCUT2D eigenvalue weighted by Crippen LogP contribution is 2.46. The van der Waals surface area contributed by atoms with Gasteiger partial charge in [0.1, 0.15) is 11.2 Å². The molecule has 0 amide bonds. The first-order valence-electron chi connectivity index (χ1n) is 19.2. The minimum atomic E-state index is 0.679. The van der Waals surface area contributed by atoms with E-state index in [0.717, 1.165) is 99.6 Å². The van der Waals surface area contributed by atoms with Crippen LogP contribution in [0.1, 0.15) is 0 Å². The number of pyridine rings is 1. The number of furan rings is 1. The maximum Gasteiger partial charge on any atom is 0.160 e. The van der Waals surface area contributed by atoms with Crippen LogP contribution in [-0.4, -0.2) is 15.0 Å². The van der Waals surface area contributed by atoms with Gasteiger partial charge in [-0.15, -0.1) is 0 Å². The molecule has 0 aliphatic heterocycles. The first kappa shape index (κ1) is 32.7. The summed E-state index contributed by atoms with van der Waals surface area (Å²) in [5.74, 6) is 0.679. The van der Waals surface area contributed by atoms with Crippen molar-refractivity contribution in [3.05, 3.63) is 200 Å². The third-order valence-electron chi connectivity index (χ3n) is 10.9. The van der Waals surface area contributed by atoms with Crippen molar-refractivity contribution in [2.75, 3.05) is 0 Å². The Morgan fingerprint density at radius 1 is 0.316 bits per heavy atom. The molecule has 0 atom stereocenters. The molecule has 0 saturated carbocycles. The van der Waals surface area contributed by atoms with Crippen LogP contribution in [0.3, 0.4) is 0 Å². The molecule has 0 saturated heterocycles. The molecular weight excluding hydrogens is 695 g/mol. The standard InChI is InChI=1S/C53H33N3O/c1-4-15-34(16-5-1)35-27-29-36(30-28-35)45-33-46(56-53(55-45)38-19-8-3-9-20-38)39-21-14-22-40(31-39)49-50-41-23-10-12-25-44(41)54-52(37-17-6-2-7-18-37)43(50)32-48-51(49)42-24-11-13-26-47(42)57-48/h1-33H. The minimum absolute atomic E-state index is 0.679. The second kappa shape index (κ2) is 13.6. The summed E-state index contributed by atoms with van der Waals surface area (Å²) in [5, 5.41) is 5.43. The van der Waals surface area contributed by atoms with Crippen LogP contribution in [0.2, 0.25) is 0 Å². The Labute approximate surface area is 329 Å². The van der Waals surface area contributed by atoms with Crippen molar-refractivity contribution in [2.24, 2.45) is 0 Å². The molecule has 57 heavy (non-hydrogen) atoms. The molecule has 11 rings (SSSR count). The molecule has 4 heteroatoms. The molecule has 0 N–H and O–H groups in total. The topological polar surface area (TPSA) is 51.8 Å². The lowest BCUT2D eigenvalue weighted by Gasteiger charge is -2.16. The number of para-hydroxylation sites is 2. The van der Waals surface area contributed by atoms with E-state index >= 15 is 0 Å². The zero-order valence-corrected chi connectivity index (χ0v) is 30.8. The summed E-state index contributed by atoms with van der Waals surface area (Å²) in [5.41, 5.74) is 13.8. The number of hydrogen-bond donors (Lipinski definition) is 0. The Morgan fingerprint density at radius 2 is 0.877 bits per heavy atom. The molecule has 0 aliphatic rings. The quantitative estimate of drug-likeness (QED) is 0.160. The number of benzene rings is 8. The maximum atomic E-state index is 6.66. The van der Waals surface area contributed by atoms with Gasteiger partial charge < -0.3 is 4.42 Å². The van der Waals surface area contributed by atoms with Crippen molar-refractivity contribution in [1.29, 1.82) is 0 Å². The van der Waals surface area contributed by atoms with E-state index < -0.39 is 0 Å². The van der Waals surface area contributed by atoms with Crippen molar-refractivity contribution < 1.29 is 4.42 Å². The van der Waals surface area contributed by atoms with Gasteiger partial charge in [-0.3, -0.25) is 0 Å². The molecule has 0 bridgehead atoms. The van der Waals surface area contributed by atoms with Gasteiger partial charge in [0.15, 0.2) is 5.82 Å². The van der Waals surface area contributed by atoms with E-state index in [1.165, 1.54) is 5.56 Å². The summed E-state index contributed by atoms with van der Waals surface area (Å²) in [6.45, 7) is 0. The van der Waals surface area contributed by atoms with Gasteiger partial charge in [0.05, 0.1) is 22.6 Å². The number of rotatable bonds is 6. The zero-order chi connectivity index (χ0) is 37.7. The highest BCUT2D eigenvalue weighted by Gasteiger charge is 2.22. The highest BCUT2D eigenvalue weighted by molar-refractivity contribution is 6.27. The van der Waals surface area contributed by atoms with Crippen LogP contribution in [0.25, 0.3) is 111 Å². The lowest BCUT2D eigenvalue weighted by Crippen LogP contribution is -1.96. The van der Waals surface area contributed by atoms with Crippen LogP contribution in [0.15, 0.2) is 205 Å². The fourth-order valence-electron chi connectivity index (χ4n) is 8.18. The molecular formula is C53H33N3O. The van der Waals surface area contributed by atoms with E-state index in [4.69, 9.17) is 19.4 Å². The third kappa shape index (κ3) is 5.74. The van der Waals surface area contributed by atoms with Gasteiger partial charge in [0.2, 0.25) is 0 Å². The number of hydrogen-bond acceptors (Lipinski definition) is 4. The molecule has 266 valence electrons. The molecule has 11 aromatic rings. The van der Waals surface area contributed by atoms with E-state index in [9.17, 15) is 0 Å². The molecule has 0 unspecified atom stereocenters. The molecule has 3 aromatic heterocycles. The highest BCUT2D eigenvalue weighted by atomic mass is 16.3. The first-order valence-corrected chi connectivity index (χ1v) is 19.2. The zero-order valence-electron chi connectivity index (χ0n) is 30.8. The van der Waals surface area contributed by atoms with Gasteiger partial charge in [-0.1, -0.05) is 170 Å². The lowest BCUT2D eigenvalue weighted by molar-refractivity contribution is 0.669. The normalized spacial score (nSPS) is 11.5. The van der Waals surface area contributed by atoms with Crippen LogP contribution in [0, 0.1) is 0 Å². The molecule has 8 aromatic carbocycles. The van der Waals surface area contributed by atoms with Crippen molar-refractivity contribution >= 4 is 43.6 Å². The summed E-state index contributed by atoms with van der Waals surface area (Å²) in [6.07, 6.45) is 0. The summed E-state index contributed by atoms with van der Waals surface area (Å²) < 4.78 is 6.66. The monoisotopic (exact) mass is 727 g/mol. The number of nitrogens with zero attached hydrogens (tertiary/aromatic N) is 3. The Kier molecular flexibility index (Phi) is 7.78. The summed E-state index contributed by atoms with van der Waals surface area (Å²) in [7, 11) is 0. The van der Waals surface area contributed by atoms with Crippen molar-refractivity contribution in [3.8, 4) is 67.4 Å². The van der Waals surface area contributed by atoms with E-state index in [0.29, 0.717) is 5.82 Å². The third-order valence-corrected chi connectivity index (χ3v) is 10.9. The Bertz CT molecular complexity index is 3260. The second-order valence-corrected chi connectivity index (χ2v) is 14.3. The van der Waals surface area contributed by atoms with Crippen LogP contribution >= 0.6 is 0 Å². The van der Waals surface area contributed by atoms with Crippen LogP contribution in [-0.2, 0) is 0 Å². The van der Waals surface area contributed by atoms with E-state index in [-0.39, 0.29) is 0 Å². The molecule has 0 spiro atoms. The SMILES string of the molecule is c1ccc(-c2ccc(-c3cc(-c4cccc(-c5c6c(cc7c(-c8ccccc8)nc8ccccc8c57)oc5ccccc56)c4)nc(-c4ccccc4)n3)cc2)cc1. The Morgan fingerprint density at radius 3 is 1.63 bits per heavy atom. The van der Waals surface area contributed by atoms with Crippen LogP contribution in [0.4, 0.5) is 0 Å². The molecule has 4 nitrogen and oxygen atoms in total. The smallest absolute Gasteiger partial charge is 0.160 e. The van der Waals surface area contributed by atoms with Crippen molar-refractivity contribution in [3.63, 3.8) is 0 Å². The predicted octanol–water partition coefficient (Wildman–Crippen LogP) is 14.1. The van der Waals surface area contributed by atoms with Gasteiger partial charge >= 0.3 is 0 Å². The van der Waals surface area contributed by atoms with Crippen LogP contribution < -0.4 is 0 Å². The first-order chi connectivity index (χ1) is 28.2. The summed E-state index contributed by atoms with van der Waals surface area (Å²) >= 11 is 0. The van der Waals surface area contributed by atoms with Gasteiger partial charge in [-0.2, -0.15) is 0 Å². The molecule has 3 heterocycles. The maximum absolute atomic E-state index is 6.66. The van der Waals surface area contributed by atoms with E-state index in [1.807, 2.05) is 36.4 Å². The molecule has 0 radical (unpaired) electrons. The van der Waals surface area contributed by atoms with E-state index in [2.05, 4.69) is 164 Å². The van der Waals surface area contributed by atoms with Crippen molar-refractivity contribution in [2.45, 2.75) is 0 Å². The predicted molar refractivity (Wildman–Crippen MR) is 235 cm³/mol. The summed E-state index contributed by atoms with van der Waals surface area (Å²) in [6, 6.07) is 69.6. The van der Waals surface area contributed by atoms with E-state index in [1.54, 1.807) is 0 Å². The van der Waals surface area contributed by atoms with Crippen molar-refractivity contribution in [1.82, 2.24) is 15.0 Å². The van der Waals surface area contributed by atoms with Gasteiger partial charge in [-0.05, 0) is 47.0 Å². The largest absolute Gasteiger partial charge is 0.456 e. The summed E-state index contributed by atoms with van der Waals surface area (Å²) in [4.78, 5) is 15.6. The van der Waals surface area contributed by atoms with Gasteiger partial charge in [-0.25, -0.2) is 15.0 Å². The van der Waals surface area contributed by atoms with Gasteiger partial charge in [0.25, 0.3) is 0 Å². The number of aromatic nitrogens is 3. The Hall–Kier alpha value is -7.69. The average molecular weight is 728 g/mol. The second-order valence-electron chi connectivity index (χ2n) is 14.3. The minimum Gasteiger partial charge on any atom is -0.456 e. The Balaban J connectivity index is 1.16. The lowest BCUT2D eigenvalue weighted by atomic mass is 9.89. The molecule has 0 aliphatic carbocycles. The average Bonchev–Trinajstić information content (AvgIpc) is 3.67. The molecule has 0 fully saturated rings. The fourth-order valence-corrected chi connectivity index (χ4v) is 8.18. The fraction of sp³-hybridized carbons (Fsp3) is 0. The van der Waals surface area contributed by atoms with Crippen LogP contribution in [0.5, 0.6) is 0 Å².